The lowest BCUT2D eigenvalue weighted by atomic mass is 10.1. The number of terminal acetylenes is 1. The first-order chi connectivity index (χ1) is 8.27. The maximum absolute atomic E-state index is 5.58. The molecule has 0 radical (unpaired) electrons. The average Bonchev–Trinajstić information content (AvgIpc) is 2.35. The Morgan fingerprint density at radius 3 is 3.00 bits per heavy atom. The lowest BCUT2D eigenvalue weighted by Gasteiger charge is -2.14. The van der Waals surface area contributed by atoms with Crippen molar-refractivity contribution in [2.45, 2.75) is 25.9 Å². The second-order valence-corrected chi connectivity index (χ2v) is 3.90. The molecule has 1 aromatic carbocycles. The maximum Gasteiger partial charge on any atom is 0.124 e. The number of benzene rings is 1. The smallest absolute Gasteiger partial charge is 0.124 e. The molecule has 0 fully saturated rings. The van der Waals surface area contributed by atoms with E-state index in [0.29, 0.717) is 12.6 Å². The number of rotatable bonds is 7. The zero-order valence-corrected chi connectivity index (χ0v) is 10.3. The van der Waals surface area contributed by atoms with Crippen LogP contribution in [0.1, 0.15) is 18.9 Å². The van der Waals surface area contributed by atoms with Crippen LogP contribution >= 0.6 is 0 Å². The van der Waals surface area contributed by atoms with Gasteiger partial charge in [0.15, 0.2) is 0 Å². The van der Waals surface area contributed by atoms with E-state index >= 15 is 0 Å². The lowest BCUT2D eigenvalue weighted by molar-refractivity contribution is 0.357. The fourth-order valence-electron chi connectivity index (χ4n) is 1.47. The van der Waals surface area contributed by atoms with Crippen molar-refractivity contribution in [2.75, 3.05) is 6.61 Å². The summed E-state index contributed by atoms with van der Waals surface area (Å²) in [6.07, 6.45) is 7.74. The van der Waals surface area contributed by atoms with Crippen LogP contribution in [0, 0.1) is 12.3 Å². The Hall–Kier alpha value is -1.72. The molecule has 1 unspecified atom stereocenters. The van der Waals surface area contributed by atoms with Gasteiger partial charge in [0, 0.05) is 24.6 Å². The zero-order chi connectivity index (χ0) is 12.5. The molecule has 2 heteroatoms. The van der Waals surface area contributed by atoms with E-state index in [2.05, 4.69) is 24.7 Å². The molecule has 0 saturated carbocycles. The fourth-order valence-corrected chi connectivity index (χ4v) is 1.47. The Kier molecular flexibility index (Phi) is 5.92. The number of ether oxygens (including phenoxy) is 1. The van der Waals surface area contributed by atoms with Crippen molar-refractivity contribution in [3.05, 3.63) is 42.5 Å². The molecule has 0 bridgehead atoms. The van der Waals surface area contributed by atoms with Crippen molar-refractivity contribution in [1.82, 2.24) is 5.32 Å². The average molecular weight is 229 g/mol. The van der Waals surface area contributed by atoms with E-state index in [0.717, 1.165) is 24.3 Å². The molecule has 0 aromatic heterocycles. The molecular weight excluding hydrogens is 210 g/mol. The van der Waals surface area contributed by atoms with Gasteiger partial charge in [-0.15, -0.1) is 12.3 Å². The Labute approximate surface area is 104 Å². The lowest BCUT2D eigenvalue weighted by Crippen LogP contribution is -2.25. The predicted octanol–water partition coefficient (Wildman–Crippen LogP) is 2.75. The molecule has 1 atom stereocenters. The van der Waals surface area contributed by atoms with Crippen LogP contribution in [0.25, 0.3) is 0 Å². The number of hydrogen-bond acceptors (Lipinski definition) is 2. The first-order valence-corrected chi connectivity index (χ1v) is 5.76. The largest absolute Gasteiger partial charge is 0.489 e. The zero-order valence-electron chi connectivity index (χ0n) is 10.3. The highest BCUT2D eigenvalue weighted by Gasteiger charge is 2.04. The minimum absolute atomic E-state index is 0.312. The molecule has 0 saturated heterocycles. The summed E-state index contributed by atoms with van der Waals surface area (Å²) in [6.45, 7) is 7.00. The van der Waals surface area contributed by atoms with Crippen LogP contribution in [0.2, 0.25) is 0 Å². The molecule has 1 aromatic rings. The van der Waals surface area contributed by atoms with Crippen LogP contribution in [0.3, 0.4) is 0 Å². The van der Waals surface area contributed by atoms with Crippen molar-refractivity contribution in [3.63, 3.8) is 0 Å². The molecule has 0 spiro atoms. The summed E-state index contributed by atoms with van der Waals surface area (Å²) in [5.74, 6) is 3.54. The van der Waals surface area contributed by atoms with Crippen molar-refractivity contribution in [3.8, 4) is 18.1 Å². The van der Waals surface area contributed by atoms with E-state index in [-0.39, 0.29) is 0 Å². The van der Waals surface area contributed by atoms with E-state index in [9.17, 15) is 0 Å². The summed E-state index contributed by atoms with van der Waals surface area (Å²) in [5.41, 5.74) is 1.14. The quantitative estimate of drug-likeness (QED) is 0.573. The van der Waals surface area contributed by atoms with Crippen LogP contribution in [0.5, 0.6) is 5.75 Å². The second-order valence-electron chi connectivity index (χ2n) is 3.90. The minimum atomic E-state index is 0.312. The third kappa shape index (κ3) is 4.76. The molecule has 0 aliphatic heterocycles. The third-order valence-electron chi connectivity index (χ3n) is 2.39. The van der Waals surface area contributed by atoms with Gasteiger partial charge in [0.05, 0.1) is 0 Å². The number of para-hydroxylation sites is 1. The van der Waals surface area contributed by atoms with E-state index in [1.165, 1.54) is 0 Å². The van der Waals surface area contributed by atoms with Gasteiger partial charge in [0.2, 0.25) is 0 Å². The summed E-state index contributed by atoms with van der Waals surface area (Å²) in [7, 11) is 0. The fraction of sp³-hybridized carbons (Fsp3) is 0.333. The molecule has 17 heavy (non-hydrogen) atoms. The number of hydrogen-bond donors (Lipinski definition) is 1. The van der Waals surface area contributed by atoms with Gasteiger partial charge in [-0.2, -0.15) is 0 Å². The monoisotopic (exact) mass is 229 g/mol. The standard InChI is InChI=1S/C15H19NO/c1-4-8-13(3)16-12-14-9-6-7-10-15(14)17-11-5-2/h1,5-7,9-10,13,16H,2,8,11-12H2,3H3. The number of nitrogens with one attached hydrogen (secondary N) is 1. The van der Waals surface area contributed by atoms with E-state index in [4.69, 9.17) is 11.2 Å². The maximum atomic E-state index is 5.58. The van der Waals surface area contributed by atoms with E-state index < -0.39 is 0 Å². The molecule has 0 heterocycles. The summed E-state index contributed by atoms with van der Waals surface area (Å²) >= 11 is 0. The Morgan fingerprint density at radius 2 is 2.29 bits per heavy atom. The topological polar surface area (TPSA) is 21.3 Å². The van der Waals surface area contributed by atoms with E-state index in [1.54, 1.807) is 6.08 Å². The Bertz CT molecular complexity index is 392. The Morgan fingerprint density at radius 1 is 1.53 bits per heavy atom. The molecule has 0 aliphatic carbocycles. The highest BCUT2D eigenvalue weighted by molar-refractivity contribution is 5.33. The molecule has 1 N–H and O–H groups in total. The summed E-state index contributed by atoms with van der Waals surface area (Å²) in [4.78, 5) is 0. The van der Waals surface area contributed by atoms with Gasteiger partial charge in [-0.1, -0.05) is 30.9 Å². The van der Waals surface area contributed by atoms with Gasteiger partial charge in [-0.05, 0) is 13.0 Å². The van der Waals surface area contributed by atoms with Crippen molar-refractivity contribution in [1.29, 1.82) is 0 Å². The van der Waals surface area contributed by atoms with E-state index in [1.807, 2.05) is 24.3 Å². The highest BCUT2D eigenvalue weighted by atomic mass is 16.5. The molecule has 0 aliphatic rings. The molecule has 90 valence electrons. The molecule has 0 amide bonds. The third-order valence-corrected chi connectivity index (χ3v) is 2.39. The van der Waals surface area contributed by atoms with Crippen LogP contribution in [-0.2, 0) is 6.54 Å². The van der Waals surface area contributed by atoms with Crippen LogP contribution < -0.4 is 10.1 Å². The first kappa shape index (κ1) is 13.3. The minimum Gasteiger partial charge on any atom is -0.489 e. The van der Waals surface area contributed by atoms with Crippen molar-refractivity contribution in [2.24, 2.45) is 0 Å². The second kappa shape index (κ2) is 7.54. The first-order valence-electron chi connectivity index (χ1n) is 5.76. The van der Waals surface area contributed by atoms with Crippen molar-refractivity contribution >= 4 is 0 Å². The molecule has 2 nitrogen and oxygen atoms in total. The van der Waals surface area contributed by atoms with Crippen LogP contribution in [0.4, 0.5) is 0 Å². The van der Waals surface area contributed by atoms with Gasteiger partial charge in [-0.3, -0.25) is 0 Å². The normalized spacial score (nSPS) is 11.5. The van der Waals surface area contributed by atoms with Gasteiger partial charge in [-0.25, -0.2) is 0 Å². The van der Waals surface area contributed by atoms with Gasteiger partial charge < -0.3 is 10.1 Å². The Balaban J connectivity index is 2.57. The molecule has 1 rings (SSSR count). The van der Waals surface area contributed by atoms with Crippen LogP contribution in [0.15, 0.2) is 36.9 Å². The van der Waals surface area contributed by atoms with Crippen molar-refractivity contribution < 1.29 is 4.74 Å². The molecular formula is C15H19NO. The predicted molar refractivity (Wildman–Crippen MR) is 71.9 cm³/mol. The van der Waals surface area contributed by atoms with Gasteiger partial charge in [0.25, 0.3) is 0 Å². The van der Waals surface area contributed by atoms with Gasteiger partial charge >= 0.3 is 0 Å². The summed E-state index contributed by atoms with van der Waals surface area (Å²) in [5, 5.41) is 3.37. The van der Waals surface area contributed by atoms with Crippen LogP contribution in [-0.4, -0.2) is 12.6 Å². The highest BCUT2D eigenvalue weighted by Crippen LogP contribution is 2.17. The van der Waals surface area contributed by atoms with Gasteiger partial charge in [0.1, 0.15) is 12.4 Å². The SMILES string of the molecule is C#CCC(C)NCc1ccccc1OCC=C. The summed E-state index contributed by atoms with van der Waals surface area (Å²) in [6, 6.07) is 8.30. The summed E-state index contributed by atoms with van der Waals surface area (Å²) < 4.78 is 5.58.